The lowest BCUT2D eigenvalue weighted by Crippen LogP contribution is -2.14. The maximum Gasteiger partial charge on any atom is 0.274 e. The summed E-state index contributed by atoms with van der Waals surface area (Å²) in [5.74, 6) is -0.240. The highest BCUT2D eigenvalue weighted by molar-refractivity contribution is 6.09. The van der Waals surface area contributed by atoms with Crippen molar-refractivity contribution in [2.75, 3.05) is 5.32 Å². The molecule has 0 radical (unpaired) electrons. The number of amides is 1. The number of anilines is 1. The van der Waals surface area contributed by atoms with E-state index in [1.54, 1.807) is 12.3 Å². The molecule has 3 aromatic heterocycles. The summed E-state index contributed by atoms with van der Waals surface area (Å²) in [6.07, 6.45) is 3.71. The molecule has 1 amide bonds. The first-order valence-electron chi connectivity index (χ1n) is 9.37. The molecule has 0 saturated heterocycles. The molecule has 5 rings (SSSR count). The van der Waals surface area contributed by atoms with E-state index in [0.717, 1.165) is 38.6 Å². The second-order valence-corrected chi connectivity index (χ2v) is 7.09. The number of aryl methyl sites for hydroxylation is 2. The Morgan fingerprint density at radius 1 is 1.07 bits per heavy atom. The van der Waals surface area contributed by atoms with Crippen LogP contribution in [-0.2, 0) is 7.05 Å². The van der Waals surface area contributed by atoms with Crippen LogP contribution in [0.3, 0.4) is 0 Å². The molecule has 0 spiro atoms. The van der Waals surface area contributed by atoms with Gasteiger partial charge < -0.3 is 10.3 Å². The van der Waals surface area contributed by atoms with Gasteiger partial charge in [-0.1, -0.05) is 18.2 Å². The Morgan fingerprint density at radius 2 is 1.93 bits per heavy atom. The molecule has 0 bridgehead atoms. The predicted octanol–water partition coefficient (Wildman–Crippen LogP) is 4.68. The second kappa shape index (κ2) is 6.60. The SMILES string of the molecule is Cc1cccc(C(=O)Nc2cc(-c3cccc4[nH]ccc34)cc3c2cnn3C)n1. The first-order valence-corrected chi connectivity index (χ1v) is 9.37. The van der Waals surface area contributed by atoms with E-state index < -0.39 is 0 Å². The summed E-state index contributed by atoms with van der Waals surface area (Å²) in [6, 6.07) is 17.7. The number of fused-ring (bicyclic) bond motifs is 2. The number of H-pyrrole nitrogens is 1. The normalized spacial score (nSPS) is 11.2. The van der Waals surface area contributed by atoms with Crippen molar-refractivity contribution in [2.45, 2.75) is 6.92 Å². The van der Waals surface area contributed by atoms with Crippen LogP contribution < -0.4 is 5.32 Å². The molecule has 142 valence electrons. The molecule has 0 saturated carbocycles. The highest BCUT2D eigenvalue weighted by atomic mass is 16.1. The number of benzene rings is 2. The van der Waals surface area contributed by atoms with Crippen LogP contribution in [0, 0.1) is 6.92 Å². The van der Waals surface area contributed by atoms with Gasteiger partial charge in [0.25, 0.3) is 5.91 Å². The third-order valence-corrected chi connectivity index (χ3v) is 5.14. The number of aromatic amines is 1. The number of pyridine rings is 1. The molecule has 0 atom stereocenters. The van der Waals surface area contributed by atoms with Crippen LogP contribution in [0.5, 0.6) is 0 Å². The maximum absolute atomic E-state index is 12.8. The minimum atomic E-state index is -0.240. The smallest absolute Gasteiger partial charge is 0.274 e. The van der Waals surface area contributed by atoms with E-state index in [1.165, 1.54) is 0 Å². The van der Waals surface area contributed by atoms with Crippen LogP contribution in [0.4, 0.5) is 5.69 Å². The van der Waals surface area contributed by atoms with Crippen molar-refractivity contribution in [1.29, 1.82) is 0 Å². The zero-order valence-electron chi connectivity index (χ0n) is 16.1. The molecule has 2 aromatic carbocycles. The maximum atomic E-state index is 12.8. The third-order valence-electron chi connectivity index (χ3n) is 5.14. The Balaban J connectivity index is 1.65. The highest BCUT2D eigenvalue weighted by Gasteiger charge is 2.15. The minimum Gasteiger partial charge on any atom is -0.361 e. The van der Waals surface area contributed by atoms with Crippen molar-refractivity contribution < 1.29 is 4.79 Å². The molecule has 0 aliphatic rings. The molecule has 0 aliphatic carbocycles. The lowest BCUT2D eigenvalue weighted by molar-refractivity contribution is 0.102. The van der Waals surface area contributed by atoms with E-state index >= 15 is 0 Å². The fraction of sp³-hybridized carbons (Fsp3) is 0.0870. The number of hydrogen-bond acceptors (Lipinski definition) is 3. The third kappa shape index (κ3) is 2.95. The molecule has 29 heavy (non-hydrogen) atoms. The van der Waals surface area contributed by atoms with E-state index in [0.29, 0.717) is 11.4 Å². The largest absolute Gasteiger partial charge is 0.361 e. The Kier molecular flexibility index (Phi) is 3.91. The van der Waals surface area contributed by atoms with Gasteiger partial charge in [0.2, 0.25) is 0 Å². The first-order chi connectivity index (χ1) is 14.1. The van der Waals surface area contributed by atoms with Crippen molar-refractivity contribution >= 4 is 33.4 Å². The molecule has 3 heterocycles. The van der Waals surface area contributed by atoms with Crippen molar-refractivity contribution in [3.63, 3.8) is 0 Å². The van der Waals surface area contributed by atoms with Gasteiger partial charge in [-0.25, -0.2) is 4.98 Å². The van der Waals surface area contributed by atoms with Gasteiger partial charge in [-0.15, -0.1) is 0 Å². The van der Waals surface area contributed by atoms with Gasteiger partial charge in [0.1, 0.15) is 5.69 Å². The van der Waals surface area contributed by atoms with E-state index in [1.807, 2.05) is 55.2 Å². The van der Waals surface area contributed by atoms with E-state index in [4.69, 9.17) is 0 Å². The number of nitrogens with one attached hydrogen (secondary N) is 2. The Bertz CT molecular complexity index is 1380. The van der Waals surface area contributed by atoms with Gasteiger partial charge >= 0.3 is 0 Å². The Labute approximate surface area is 167 Å². The van der Waals surface area contributed by atoms with Gasteiger partial charge in [0, 0.05) is 35.2 Å². The highest BCUT2D eigenvalue weighted by Crippen LogP contribution is 2.34. The fourth-order valence-corrected chi connectivity index (χ4v) is 3.70. The van der Waals surface area contributed by atoms with Crippen LogP contribution in [0.25, 0.3) is 32.9 Å². The van der Waals surface area contributed by atoms with Crippen LogP contribution in [-0.4, -0.2) is 25.7 Å². The summed E-state index contributed by atoms with van der Waals surface area (Å²) in [7, 11) is 1.90. The average Bonchev–Trinajstić information content (AvgIpc) is 3.35. The van der Waals surface area contributed by atoms with Gasteiger partial charge in [-0.3, -0.25) is 9.48 Å². The summed E-state index contributed by atoms with van der Waals surface area (Å²) < 4.78 is 1.82. The van der Waals surface area contributed by atoms with Gasteiger partial charge in [0.05, 0.1) is 17.4 Å². The Morgan fingerprint density at radius 3 is 2.79 bits per heavy atom. The number of rotatable bonds is 3. The number of hydrogen-bond donors (Lipinski definition) is 2. The van der Waals surface area contributed by atoms with Crippen molar-refractivity contribution in [2.24, 2.45) is 7.05 Å². The summed E-state index contributed by atoms with van der Waals surface area (Å²) in [5.41, 5.74) is 6.03. The molecule has 0 aliphatic heterocycles. The molecule has 5 aromatic rings. The van der Waals surface area contributed by atoms with Crippen LogP contribution >= 0.6 is 0 Å². The standard InChI is InChI=1S/C23H19N5O/c1-14-5-3-8-20(26-14)23(29)27-21-11-15(12-22-18(21)13-25-28(22)2)16-6-4-7-19-17(16)9-10-24-19/h3-13,24H,1-2H3,(H,27,29). The van der Waals surface area contributed by atoms with Crippen molar-refractivity contribution in [3.05, 3.63) is 78.4 Å². The molecule has 2 N–H and O–H groups in total. The Hall–Kier alpha value is -3.93. The second-order valence-electron chi connectivity index (χ2n) is 7.09. The summed E-state index contributed by atoms with van der Waals surface area (Å²) in [6.45, 7) is 1.87. The average molecular weight is 381 g/mol. The predicted molar refractivity (Wildman–Crippen MR) is 115 cm³/mol. The van der Waals surface area contributed by atoms with Crippen molar-refractivity contribution in [1.82, 2.24) is 19.7 Å². The minimum absolute atomic E-state index is 0.240. The fourth-order valence-electron chi connectivity index (χ4n) is 3.70. The molecule has 0 fully saturated rings. The van der Waals surface area contributed by atoms with Gasteiger partial charge in [-0.05, 0) is 54.4 Å². The lowest BCUT2D eigenvalue weighted by Gasteiger charge is -2.11. The van der Waals surface area contributed by atoms with Gasteiger partial charge in [-0.2, -0.15) is 5.10 Å². The number of nitrogens with zero attached hydrogens (tertiary/aromatic N) is 3. The summed E-state index contributed by atoms with van der Waals surface area (Å²) >= 11 is 0. The van der Waals surface area contributed by atoms with Gasteiger partial charge in [0.15, 0.2) is 0 Å². The number of aromatic nitrogens is 4. The summed E-state index contributed by atoms with van der Waals surface area (Å²) in [4.78, 5) is 20.4. The number of carbonyl (C=O) groups excluding carboxylic acids is 1. The summed E-state index contributed by atoms with van der Waals surface area (Å²) in [5, 5.41) is 9.43. The topological polar surface area (TPSA) is 75.6 Å². The first kappa shape index (κ1) is 17.2. The molecular weight excluding hydrogens is 362 g/mol. The quantitative estimate of drug-likeness (QED) is 0.477. The zero-order chi connectivity index (χ0) is 20.0. The van der Waals surface area contributed by atoms with Crippen LogP contribution in [0.2, 0.25) is 0 Å². The molecule has 0 unspecified atom stereocenters. The number of carbonyl (C=O) groups is 1. The molecule has 6 nitrogen and oxygen atoms in total. The van der Waals surface area contributed by atoms with Crippen LogP contribution in [0.1, 0.15) is 16.2 Å². The van der Waals surface area contributed by atoms with E-state index in [9.17, 15) is 4.79 Å². The monoisotopic (exact) mass is 381 g/mol. The molecule has 6 heteroatoms. The van der Waals surface area contributed by atoms with E-state index in [-0.39, 0.29) is 5.91 Å². The lowest BCUT2D eigenvalue weighted by atomic mass is 9.99. The van der Waals surface area contributed by atoms with E-state index in [2.05, 4.69) is 38.6 Å². The van der Waals surface area contributed by atoms with Crippen molar-refractivity contribution in [3.8, 4) is 11.1 Å². The zero-order valence-corrected chi connectivity index (χ0v) is 16.1. The van der Waals surface area contributed by atoms with Crippen LogP contribution in [0.15, 0.2) is 67.0 Å². The molecular formula is C23H19N5O.